The lowest BCUT2D eigenvalue weighted by atomic mass is 10.2. The Hall–Kier alpha value is -1.36. The minimum Gasteiger partial charge on any atom is -0.497 e. The Labute approximate surface area is 147 Å². The summed E-state index contributed by atoms with van der Waals surface area (Å²) in [6, 6.07) is 12.4. The van der Waals surface area contributed by atoms with E-state index in [1.807, 2.05) is 12.1 Å². The summed E-state index contributed by atoms with van der Waals surface area (Å²) in [7, 11) is 5.92. The van der Waals surface area contributed by atoms with Crippen LogP contribution in [0.25, 0.3) is 0 Å². The maximum atomic E-state index is 6.24. The zero-order chi connectivity index (χ0) is 16.4. The number of ether oxygens (including phenoxy) is 1. The van der Waals surface area contributed by atoms with E-state index in [9.17, 15) is 0 Å². The molecule has 0 saturated heterocycles. The molecule has 0 aliphatic carbocycles. The summed E-state index contributed by atoms with van der Waals surface area (Å²) in [5.41, 5.74) is 2.42. The predicted molar refractivity (Wildman–Crippen MR) is 98.7 cm³/mol. The fraction of sp³-hybridized carbons (Fsp3) is 0.333. The number of methoxy groups -OCH3 is 1. The van der Waals surface area contributed by atoms with Gasteiger partial charge in [0.05, 0.1) is 18.5 Å². The highest BCUT2D eigenvalue weighted by atomic mass is 35.5. The third-order valence-electron chi connectivity index (χ3n) is 3.88. The third kappa shape index (κ3) is 3.60. The van der Waals surface area contributed by atoms with E-state index in [-0.39, 0.29) is 0 Å². The van der Waals surface area contributed by atoms with Crippen LogP contribution in [0, 0.1) is 0 Å². The maximum Gasteiger partial charge on any atom is 0.120 e. The van der Waals surface area contributed by atoms with Gasteiger partial charge in [-0.25, -0.2) is 0 Å². The Morgan fingerprint density at radius 3 is 2.65 bits per heavy atom. The van der Waals surface area contributed by atoms with Crippen LogP contribution in [0.15, 0.2) is 46.2 Å². The van der Waals surface area contributed by atoms with E-state index in [4.69, 9.17) is 16.3 Å². The van der Waals surface area contributed by atoms with Crippen LogP contribution in [0.3, 0.4) is 0 Å². The number of rotatable bonds is 5. The van der Waals surface area contributed by atoms with Gasteiger partial charge >= 0.3 is 0 Å². The molecule has 1 heterocycles. The van der Waals surface area contributed by atoms with Gasteiger partial charge in [0.2, 0.25) is 0 Å². The van der Waals surface area contributed by atoms with Gasteiger partial charge in [-0.1, -0.05) is 23.4 Å². The van der Waals surface area contributed by atoms with Gasteiger partial charge < -0.3 is 14.5 Å². The van der Waals surface area contributed by atoms with Gasteiger partial charge in [-0.3, -0.25) is 0 Å². The predicted octanol–water partition coefficient (Wildman–Crippen LogP) is 4.90. The molecule has 0 N–H and O–H groups in total. The van der Waals surface area contributed by atoms with Crippen molar-refractivity contribution >= 4 is 34.7 Å². The molecule has 1 aliphatic heterocycles. The molecule has 0 saturated carbocycles. The van der Waals surface area contributed by atoms with Crippen molar-refractivity contribution in [2.24, 2.45) is 0 Å². The first-order valence-corrected chi connectivity index (χ1v) is 8.85. The van der Waals surface area contributed by atoms with Gasteiger partial charge in [0.25, 0.3) is 0 Å². The van der Waals surface area contributed by atoms with Crippen LogP contribution in [-0.4, -0.2) is 39.2 Å². The molecule has 5 heteroatoms. The van der Waals surface area contributed by atoms with Crippen molar-refractivity contribution in [3.63, 3.8) is 0 Å². The van der Waals surface area contributed by atoms with Crippen molar-refractivity contribution in [3.05, 3.63) is 41.4 Å². The van der Waals surface area contributed by atoms with Crippen molar-refractivity contribution in [2.45, 2.75) is 16.2 Å². The largest absolute Gasteiger partial charge is 0.497 e. The quantitative estimate of drug-likeness (QED) is 0.763. The zero-order valence-corrected chi connectivity index (χ0v) is 15.2. The molecule has 1 aliphatic rings. The van der Waals surface area contributed by atoms with Crippen molar-refractivity contribution in [3.8, 4) is 5.75 Å². The van der Waals surface area contributed by atoms with Gasteiger partial charge in [-0.2, -0.15) is 0 Å². The second kappa shape index (κ2) is 7.04. The first-order chi connectivity index (χ1) is 11.1. The van der Waals surface area contributed by atoms with Crippen LogP contribution >= 0.6 is 23.4 Å². The molecule has 0 aromatic heterocycles. The van der Waals surface area contributed by atoms with Crippen molar-refractivity contribution in [1.82, 2.24) is 4.90 Å². The Morgan fingerprint density at radius 1 is 1.09 bits per heavy atom. The minimum atomic E-state index is 0.777. The Bertz CT molecular complexity index is 705. The summed E-state index contributed by atoms with van der Waals surface area (Å²) in [4.78, 5) is 7.05. The molecule has 0 atom stereocenters. The standard InChI is InChI=1S/C18H21ClN2OS/c1-20(2)9-4-10-21-15-7-6-14(22-3)12-18(15)23-17-8-5-13(19)11-16(17)21/h5-8,11-12H,4,9-10H2,1-3H3. The SMILES string of the molecule is COc1ccc2c(c1)Sc1ccc(Cl)cc1N2CCCN(C)C. The van der Waals surface area contributed by atoms with E-state index >= 15 is 0 Å². The highest BCUT2D eigenvalue weighted by Gasteiger charge is 2.24. The molecule has 3 rings (SSSR count). The first-order valence-electron chi connectivity index (χ1n) is 7.66. The Morgan fingerprint density at radius 2 is 1.91 bits per heavy atom. The molecule has 2 aromatic rings. The van der Waals surface area contributed by atoms with Crippen LogP contribution in [0.1, 0.15) is 6.42 Å². The number of anilines is 2. The molecular weight excluding hydrogens is 328 g/mol. The van der Waals surface area contributed by atoms with Crippen molar-refractivity contribution in [2.75, 3.05) is 39.2 Å². The average Bonchev–Trinajstić information content (AvgIpc) is 2.53. The first kappa shape index (κ1) is 16.5. The van der Waals surface area contributed by atoms with Crippen LogP contribution in [-0.2, 0) is 0 Å². The number of fused-ring (bicyclic) bond motifs is 2. The van der Waals surface area contributed by atoms with Gasteiger partial charge in [-0.15, -0.1) is 0 Å². The molecule has 122 valence electrons. The molecule has 3 nitrogen and oxygen atoms in total. The van der Waals surface area contributed by atoms with Gasteiger partial charge in [0.1, 0.15) is 5.75 Å². The monoisotopic (exact) mass is 348 g/mol. The summed E-state index contributed by atoms with van der Waals surface area (Å²) >= 11 is 8.01. The molecule has 0 fully saturated rings. The Balaban J connectivity index is 1.97. The van der Waals surface area contributed by atoms with E-state index in [2.05, 4.69) is 48.2 Å². The summed E-state index contributed by atoms with van der Waals surface area (Å²) < 4.78 is 5.38. The van der Waals surface area contributed by atoms with Crippen LogP contribution < -0.4 is 9.64 Å². The van der Waals surface area contributed by atoms with Crippen LogP contribution in [0.2, 0.25) is 5.02 Å². The molecule has 0 unspecified atom stereocenters. The molecule has 0 radical (unpaired) electrons. The summed E-state index contributed by atoms with van der Waals surface area (Å²) in [6.07, 6.45) is 1.09. The molecule has 0 spiro atoms. The number of hydrogen-bond donors (Lipinski definition) is 0. The molecule has 0 amide bonds. The Kier molecular flexibility index (Phi) is 5.05. The van der Waals surface area contributed by atoms with Crippen molar-refractivity contribution < 1.29 is 4.74 Å². The minimum absolute atomic E-state index is 0.777. The zero-order valence-electron chi connectivity index (χ0n) is 13.7. The molecular formula is C18H21ClN2OS. The summed E-state index contributed by atoms with van der Waals surface area (Å²) in [5, 5.41) is 0.777. The van der Waals surface area contributed by atoms with Gasteiger partial charge in [-0.05, 0) is 63.5 Å². The van der Waals surface area contributed by atoms with Gasteiger partial charge in [0.15, 0.2) is 0 Å². The smallest absolute Gasteiger partial charge is 0.120 e. The summed E-state index contributed by atoms with van der Waals surface area (Å²) in [6.45, 7) is 2.02. The summed E-state index contributed by atoms with van der Waals surface area (Å²) in [5.74, 6) is 0.891. The average molecular weight is 349 g/mol. The van der Waals surface area contributed by atoms with Crippen LogP contribution in [0.4, 0.5) is 11.4 Å². The normalized spacial score (nSPS) is 13.0. The number of hydrogen-bond acceptors (Lipinski definition) is 4. The van der Waals surface area contributed by atoms with E-state index < -0.39 is 0 Å². The van der Waals surface area contributed by atoms with E-state index in [1.54, 1.807) is 18.9 Å². The fourth-order valence-electron chi connectivity index (χ4n) is 2.75. The molecule has 23 heavy (non-hydrogen) atoms. The third-order valence-corrected chi connectivity index (χ3v) is 5.22. The van der Waals surface area contributed by atoms with Crippen molar-refractivity contribution in [1.29, 1.82) is 0 Å². The maximum absolute atomic E-state index is 6.24. The highest BCUT2D eigenvalue weighted by Crippen LogP contribution is 2.49. The second-order valence-electron chi connectivity index (χ2n) is 5.86. The number of benzene rings is 2. The second-order valence-corrected chi connectivity index (χ2v) is 7.38. The van der Waals surface area contributed by atoms with Crippen LogP contribution in [0.5, 0.6) is 5.75 Å². The lowest BCUT2D eigenvalue weighted by molar-refractivity contribution is 0.402. The van der Waals surface area contributed by atoms with E-state index in [0.717, 1.165) is 30.3 Å². The molecule has 2 aromatic carbocycles. The number of nitrogens with zero attached hydrogens (tertiary/aromatic N) is 2. The van der Waals surface area contributed by atoms with Gasteiger partial charge in [0, 0.05) is 21.4 Å². The fourth-order valence-corrected chi connectivity index (χ4v) is 4.02. The van der Waals surface area contributed by atoms with E-state index in [0.29, 0.717) is 0 Å². The lowest BCUT2D eigenvalue weighted by Gasteiger charge is -2.33. The molecule has 0 bridgehead atoms. The topological polar surface area (TPSA) is 15.7 Å². The number of halogens is 1. The lowest BCUT2D eigenvalue weighted by Crippen LogP contribution is -2.25. The van der Waals surface area contributed by atoms with E-state index in [1.165, 1.54) is 21.2 Å². The highest BCUT2D eigenvalue weighted by molar-refractivity contribution is 7.99.